The van der Waals surface area contributed by atoms with Crippen LogP contribution in [0.1, 0.15) is 30.9 Å². The number of rotatable bonds is 4. The maximum absolute atomic E-state index is 12.0. The fourth-order valence-corrected chi connectivity index (χ4v) is 2.60. The Kier molecular flexibility index (Phi) is 5.36. The molecule has 0 heterocycles. The van der Waals surface area contributed by atoms with Gasteiger partial charge in [0, 0.05) is 4.47 Å². The number of halogens is 1. The average Bonchev–Trinajstić information content (AvgIpc) is 2.30. The van der Waals surface area contributed by atoms with Crippen LogP contribution >= 0.6 is 15.9 Å². The van der Waals surface area contributed by atoms with E-state index in [4.69, 9.17) is 5.26 Å². The van der Waals surface area contributed by atoms with Gasteiger partial charge in [0.25, 0.3) is 0 Å². The molecule has 0 aliphatic carbocycles. The smallest absolute Gasteiger partial charge is 0.241 e. The number of carbonyl (C=O) groups is 1. The molecule has 0 saturated carbocycles. The van der Waals surface area contributed by atoms with Crippen LogP contribution in [0.2, 0.25) is 0 Å². The van der Waals surface area contributed by atoms with Crippen molar-refractivity contribution >= 4 is 27.5 Å². The zero-order chi connectivity index (χ0) is 13.7. The van der Waals surface area contributed by atoms with E-state index in [1.807, 2.05) is 39.0 Å². The van der Waals surface area contributed by atoms with Gasteiger partial charge in [0.2, 0.25) is 5.91 Å². The van der Waals surface area contributed by atoms with Gasteiger partial charge >= 0.3 is 0 Å². The van der Waals surface area contributed by atoms with Crippen LogP contribution in [0.15, 0.2) is 16.6 Å². The molecule has 96 valence electrons. The van der Waals surface area contributed by atoms with Gasteiger partial charge in [-0.05, 0) is 53.4 Å². The van der Waals surface area contributed by atoms with E-state index >= 15 is 0 Å². The number of carbonyl (C=O) groups excluding carboxylic acids is 1. The van der Waals surface area contributed by atoms with E-state index in [1.54, 1.807) is 0 Å². The second-order valence-electron chi connectivity index (χ2n) is 4.40. The van der Waals surface area contributed by atoms with E-state index in [-0.39, 0.29) is 5.91 Å². The quantitative estimate of drug-likeness (QED) is 0.915. The summed E-state index contributed by atoms with van der Waals surface area (Å²) in [5.41, 5.74) is 2.87. The van der Waals surface area contributed by atoms with Crippen LogP contribution in [-0.4, -0.2) is 5.91 Å². The molecule has 1 amide bonds. The molecule has 18 heavy (non-hydrogen) atoms. The average molecular weight is 309 g/mol. The highest BCUT2D eigenvalue weighted by Crippen LogP contribution is 2.28. The topological polar surface area (TPSA) is 52.9 Å². The molecule has 0 fully saturated rings. The summed E-state index contributed by atoms with van der Waals surface area (Å²) >= 11 is 3.44. The molecule has 1 atom stereocenters. The first kappa shape index (κ1) is 14.7. The fraction of sp³-hybridized carbons (Fsp3) is 0.429. The molecule has 1 unspecified atom stereocenters. The van der Waals surface area contributed by atoms with E-state index in [0.29, 0.717) is 6.42 Å². The Labute approximate surface area is 116 Å². The summed E-state index contributed by atoms with van der Waals surface area (Å²) in [5, 5.41) is 11.8. The first-order chi connectivity index (χ1) is 8.49. The van der Waals surface area contributed by atoms with Crippen molar-refractivity contribution in [2.75, 3.05) is 5.32 Å². The lowest BCUT2D eigenvalue weighted by atomic mass is 10.0. The van der Waals surface area contributed by atoms with E-state index in [9.17, 15) is 4.79 Å². The lowest BCUT2D eigenvalue weighted by Gasteiger charge is -2.14. The Morgan fingerprint density at radius 2 is 2.17 bits per heavy atom. The lowest BCUT2D eigenvalue weighted by molar-refractivity contribution is -0.118. The molecule has 0 aliphatic heterocycles. The largest absolute Gasteiger partial charge is 0.324 e. The molecule has 0 aliphatic rings. The molecule has 0 radical (unpaired) electrons. The van der Waals surface area contributed by atoms with Gasteiger partial charge < -0.3 is 5.32 Å². The molecule has 0 spiro atoms. The van der Waals surface area contributed by atoms with Crippen molar-refractivity contribution in [3.05, 3.63) is 27.7 Å². The highest BCUT2D eigenvalue weighted by molar-refractivity contribution is 9.10. The number of aryl methyl sites for hydroxylation is 2. The SMILES string of the molecule is CCCC(C#N)C(=O)Nc1c(C)cc(C)cc1Br. The minimum atomic E-state index is -0.581. The van der Waals surface area contributed by atoms with Gasteiger partial charge in [0.05, 0.1) is 11.8 Å². The van der Waals surface area contributed by atoms with Crippen molar-refractivity contribution in [1.29, 1.82) is 5.26 Å². The summed E-state index contributed by atoms with van der Waals surface area (Å²) in [4.78, 5) is 12.0. The third kappa shape index (κ3) is 3.58. The van der Waals surface area contributed by atoms with Crippen molar-refractivity contribution in [1.82, 2.24) is 0 Å². The molecule has 4 heteroatoms. The first-order valence-electron chi connectivity index (χ1n) is 5.96. The van der Waals surface area contributed by atoms with Crippen LogP contribution in [0.3, 0.4) is 0 Å². The number of hydrogen-bond donors (Lipinski definition) is 1. The van der Waals surface area contributed by atoms with Gasteiger partial charge in [-0.25, -0.2) is 0 Å². The zero-order valence-electron chi connectivity index (χ0n) is 10.9. The molecular weight excluding hydrogens is 292 g/mol. The van der Waals surface area contributed by atoms with E-state index in [2.05, 4.69) is 21.2 Å². The summed E-state index contributed by atoms with van der Waals surface area (Å²) in [6.45, 7) is 5.90. The number of nitrogens with zero attached hydrogens (tertiary/aromatic N) is 1. The Morgan fingerprint density at radius 3 is 2.67 bits per heavy atom. The predicted octanol–water partition coefficient (Wildman–Crippen LogP) is 3.94. The number of anilines is 1. The highest BCUT2D eigenvalue weighted by Gasteiger charge is 2.18. The van der Waals surface area contributed by atoms with Crippen molar-refractivity contribution in [2.24, 2.45) is 5.92 Å². The van der Waals surface area contributed by atoms with Crippen LogP contribution in [-0.2, 0) is 4.79 Å². The van der Waals surface area contributed by atoms with Gasteiger partial charge in [-0.3, -0.25) is 4.79 Å². The third-order valence-electron chi connectivity index (χ3n) is 2.73. The number of benzene rings is 1. The number of amides is 1. The molecule has 1 aromatic rings. The van der Waals surface area contributed by atoms with Crippen LogP contribution in [0, 0.1) is 31.1 Å². The molecule has 1 rings (SSSR count). The molecular formula is C14H17BrN2O. The Morgan fingerprint density at radius 1 is 1.50 bits per heavy atom. The van der Waals surface area contributed by atoms with Gasteiger partial charge in [-0.2, -0.15) is 5.26 Å². The van der Waals surface area contributed by atoms with Crippen molar-refractivity contribution in [3.63, 3.8) is 0 Å². The minimum Gasteiger partial charge on any atom is -0.324 e. The van der Waals surface area contributed by atoms with Crippen molar-refractivity contribution in [2.45, 2.75) is 33.6 Å². The van der Waals surface area contributed by atoms with Crippen LogP contribution in [0.25, 0.3) is 0 Å². The highest BCUT2D eigenvalue weighted by atomic mass is 79.9. The van der Waals surface area contributed by atoms with Gasteiger partial charge in [0.15, 0.2) is 0 Å². The van der Waals surface area contributed by atoms with Crippen molar-refractivity contribution < 1.29 is 4.79 Å². The summed E-state index contributed by atoms with van der Waals surface area (Å²) < 4.78 is 0.849. The van der Waals surface area contributed by atoms with Crippen LogP contribution in [0.5, 0.6) is 0 Å². The fourth-order valence-electron chi connectivity index (χ4n) is 1.83. The molecule has 0 saturated heterocycles. The van der Waals surface area contributed by atoms with E-state index < -0.39 is 5.92 Å². The lowest BCUT2D eigenvalue weighted by Crippen LogP contribution is -2.22. The number of nitriles is 1. The predicted molar refractivity (Wildman–Crippen MR) is 76.3 cm³/mol. The number of nitrogens with one attached hydrogen (secondary N) is 1. The zero-order valence-corrected chi connectivity index (χ0v) is 12.5. The first-order valence-corrected chi connectivity index (χ1v) is 6.76. The van der Waals surface area contributed by atoms with E-state index in [0.717, 1.165) is 27.7 Å². The second kappa shape index (κ2) is 6.55. The standard InChI is InChI=1S/C14H17BrN2O/c1-4-5-11(8-16)14(18)17-13-10(3)6-9(2)7-12(13)15/h6-7,11H,4-5H2,1-3H3,(H,17,18). The van der Waals surface area contributed by atoms with E-state index in [1.165, 1.54) is 0 Å². The summed E-state index contributed by atoms with van der Waals surface area (Å²) in [5.74, 6) is -0.811. The van der Waals surface area contributed by atoms with Gasteiger partial charge in [-0.15, -0.1) is 0 Å². The normalized spacial score (nSPS) is 11.7. The molecule has 3 nitrogen and oxygen atoms in total. The molecule has 1 aromatic carbocycles. The van der Waals surface area contributed by atoms with Gasteiger partial charge in [0.1, 0.15) is 5.92 Å². The monoisotopic (exact) mass is 308 g/mol. The molecule has 0 aromatic heterocycles. The number of hydrogen-bond acceptors (Lipinski definition) is 2. The summed E-state index contributed by atoms with van der Waals surface area (Å²) in [6.07, 6.45) is 1.41. The maximum Gasteiger partial charge on any atom is 0.241 e. The maximum atomic E-state index is 12.0. The van der Waals surface area contributed by atoms with Crippen molar-refractivity contribution in [3.8, 4) is 6.07 Å². The minimum absolute atomic E-state index is 0.230. The Balaban J connectivity index is 2.92. The van der Waals surface area contributed by atoms with Crippen LogP contribution in [0.4, 0.5) is 5.69 Å². The summed E-state index contributed by atoms with van der Waals surface area (Å²) in [6, 6.07) is 6.00. The molecule has 1 N–H and O–H groups in total. The molecule has 0 bridgehead atoms. The Bertz CT molecular complexity index is 468. The summed E-state index contributed by atoms with van der Waals surface area (Å²) in [7, 11) is 0. The van der Waals surface area contributed by atoms with Crippen LogP contribution < -0.4 is 5.32 Å². The van der Waals surface area contributed by atoms with Gasteiger partial charge in [-0.1, -0.05) is 19.4 Å². The Hall–Kier alpha value is -1.34. The second-order valence-corrected chi connectivity index (χ2v) is 5.25. The third-order valence-corrected chi connectivity index (χ3v) is 3.36.